The smallest absolute Gasteiger partial charge is 0.272 e. The maximum atomic E-state index is 13.3. The molecule has 0 aliphatic rings. The van der Waals surface area contributed by atoms with Crippen molar-refractivity contribution in [3.8, 4) is 11.5 Å². The van der Waals surface area contributed by atoms with Crippen molar-refractivity contribution in [3.05, 3.63) is 156 Å². The van der Waals surface area contributed by atoms with Crippen molar-refractivity contribution < 1.29 is 19.1 Å². The topological polar surface area (TPSA) is 96.5 Å². The highest BCUT2D eigenvalue weighted by Gasteiger charge is 2.17. The van der Waals surface area contributed by atoms with Crippen LogP contribution in [0.1, 0.15) is 22.8 Å². The zero-order valence-electron chi connectivity index (χ0n) is 24.5. The lowest BCUT2D eigenvalue weighted by atomic mass is 10.1. The molecule has 0 aliphatic carbocycles. The van der Waals surface area contributed by atoms with Crippen molar-refractivity contribution in [2.45, 2.75) is 17.1 Å². The van der Waals surface area contributed by atoms with Gasteiger partial charge in [-0.15, -0.1) is 11.8 Å². The number of carbonyl (C=O) groups is 3. The highest BCUT2D eigenvalue weighted by molar-refractivity contribution is 8.00. The fourth-order valence-electron chi connectivity index (χ4n) is 4.21. The van der Waals surface area contributed by atoms with E-state index in [-0.39, 0.29) is 22.8 Å². The van der Waals surface area contributed by atoms with Crippen molar-refractivity contribution in [1.82, 2.24) is 5.32 Å². The monoisotopic (exact) mass is 613 g/mol. The molecular weight excluding hydrogens is 582 g/mol. The summed E-state index contributed by atoms with van der Waals surface area (Å²) in [6.45, 7) is 1.83. The molecule has 5 aromatic carbocycles. The van der Waals surface area contributed by atoms with E-state index >= 15 is 0 Å². The Hall–Kier alpha value is -5.60. The van der Waals surface area contributed by atoms with Gasteiger partial charge in [0.25, 0.3) is 11.8 Å². The molecule has 0 fully saturated rings. The first-order valence-corrected chi connectivity index (χ1v) is 15.2. The number of benzene rings is 5. The number of para-hydroxylation sites is 1. The van der Waals surface area contributed by atoms with Gasteiger partial charge in [0.15, 0.2) is 0 Å². The summed E-state index contributed by atoms with van der Waals surface area (Å²) < 4.78 is 5.81. The average molecular weight is 614 g/mol. The highest BCUT2D eigenvalue weighted by Crippen LogP contribution is 2.27. The van der Waals surface area contributed by atoms with E-state index in [4.69, 9.17) is 4.74 Å². The Bertz CT molecular complexity index is 1760. The normalized spacial score (nSPS) is 11.6. The molecule has 0 saturated heterocycles. The molecule has 0 spiro atoms. The molecule has 5 rings (SSSR count). The number of nitrogens with one attached hydrogen (secondary N) is 3. The van der Waals surface area contributed by atoms with E-state index in [0.29, 0.717) is 22.7 Å². The van der Waals surface area contributed by atoms with Crippen molar-refractivity contribution in [2.75, 3.05) is 10.6 Å². The molecule has 0 saturated carbocycles. The Balaban J connectivity index is 1.17. The summed E-state index contributed by atoms with van der Waals surface area (Å²) >= 11 is 1.40. The minimum Gasteiger partial charge on any atom is -0.457 e. The maximum absolute atomic E-state index is 13.3. The number of ether oxygens (including phenoxy) is 1. The minimum absolute atomic E-state index is 0.110. The van der Waals surface area contributed by atoms with Crippen molar-refractivity contribution in [3.63, 3.8) is 0 Å². The third kappa shape index (κ3) is 9.19. The van der Waals surface area contributed by atoms with Crippen LogP contribution < -0.4 is 20.7 Å². The van der Waals surface area contributed by atoms with Gasteiger partial charge in [0.05, 0.1) is 5.25 Å². The van der Waals surface area contributed by atoms with Crippen LogP contribution >= 0.6 is 11.8 Å². The van der Waals surface area contributed by atoms with E-state index < -0.39 is 5.91 Å². The summed E-state index contributed by atoms with van der Waals surface area (Å²) in [5, 5.41) is 8.16. The molecule has 7 nitrogen and oxygen atoms in total. The summed E-state index contributed by atoms with van der Waals surface area (Å²) in [7, 11) is 0. The molecule has 3 N–H and O–H groups in total. The first kappa shape index (κ1) is 30.8. The lowest BCUT2D eigenvalue weighted by molar-refractivity contribution is -0.115. The Morgan fingerprint density at radius 3 is 1.82 bits per heavy atom. The van der Waals surface area contributed by atoms with Gasteiger partial charge in [-0.3, -0.25) is 14.4 Å². The first-order valence-electron chi connectivity index (χ1n) is 14.3. The van der Waals surface area contributed by atoms with Gasteiger partial charge in [-0.25, -0.2) is 0 Å². The number of anilines is 2. The van der Waals surface area contributed by atoms with Crippen molar-refractivity contribution >= 4 is 46.9 Å². The molecule has 0 aromatic heterocycles. The molecule has 0 aliphatic heterocycles. The average Bonchev–Trinajstić information content (AvgIpc) is 3.07. The Morgan fingerprint density at radius 1 is 0.644 bits per heavy atom. The fraction of sp³-hybridized carbons (Fsp3) is 0.0541. The molecule has 0 radical (unpaired) electrons. The van der Waals surface area contributed by atoms with Gasteiger partial charge in [-0.05, 0) is 91.4 Å². The molecule has 0 heterocycles. The van der Waals surface area contributed by atoms with Crippen LogP contribution in [0, 0.1) is 0 Å². The summed E-state index contributed by atoms with van der Waals surface area (Å²) in [4.78, 5) is 39.8. The van der Waals surface area contributed by atoms with Crippen molar-refractivity contribution in [1.29, 1.82) is 0 Å². The fourth-order valence-corrected chi connectivity index (χ4v) is 5.07. The van der Waals surface area contributed by atoms with Gasteiger partial charge in [0.1, 0.15) is 17.2 Å². The van der Waals surface area contributed by atoms with Gasteiger partial charge in [-0.1, -0.05) is 66.7 Å². The van der Waals surface area contributed by atoms with Crippen LogP contribution in [0.3, 0.4) is 0 Å². The number of amides is 3. The summed E-state index contributed by atoms with van der Waals surface area (Å²) in [6, 6.07) is 41.9. The number of hydrogen-bond donors (Lipinski definition) is 3. The second-order valence-corrected chi connectivity index (χ2v) is 11.4. The van der Waals surface area contributed by atoms with E-state index in [1.54, 1.807) is 66.7 Å². The number of carbonyl (C=O) groups excluding carboxylic acids is 3. The van der Waals surface area contributed by atoms with E-state index in [9.17, 15) is 14.4 Å². The predicted octanol–water partition coefficient (Wildman–Crippen LogP) is 8.01. The first-order chi connectivity index (χ1) is 21.9. The zero-order chi connectivity index (χ0) is 31.4. The van der Waals surface area contributed by atoms with E-state index in [0.717, 1.165) is 16.2 Å². The number of hydrogen-bond acceptors (Lipinski definition) is 5. The maximum Gasteiger partial charge on any atom is 0.272 e. The molecule has 1 atom stereocenters. The standard InChI is InChI=1S/C37H31N3O4S/c1-26(35(41)38-29-17-21-32(22-18-29)44-31-15-9-4-10-16-31)45-33-23-19-30(20-24-33)39-37(43)34(25-27-11-5-2-6-12-27)40-36(42)28-13-7-3-8-14-28/h2-26H,1H3,(H,38,41)(H,39,43)(H,40,42)/b34-25-. The van der Waals surface area contributed by atoms with Gasteiger partial charge in [0.2, 0.25) is 5.91 Å². The molecule has 45 heavy (non-hydrogen) atoms. The second kappa shape index (κ2) is 15.2. The third-order valence-electron chi connectivity index (χ3n) is 6.53. The Kier molecular flexibility index (Phi) is 10.4. The lowest BCUT2D eigenvalue weighted by Gasteiger charge is -2.14. The minimum atomic E-state index is -0.462. The van der Waals surface area contributed by atoms with Crippen LogP contribution in [0.25, 0.3) is 6.08 Å². The van der Waals surface area contributed by atoms with E-state index in [2.05, 4.69) is 16.0 Å². The zero-order valence-corrected chi connectivity index (χ0v) is 25.3. The summed E-state index contributed by atoms with van der Waals surface area (Å²) in [5.74, 6) is 0.428. The molecule has 1 unspecified atom stereocenters. The van der Waals surface area contributed by atoms with Gasteiger partial charge < -0.3 is 20.7 Å². The largest absolute Gasteiger partial charge is 0.457 e. The van der Waals surface area contributed by atoms with Gasteiger partial charge >= 0.3 is 0 Å². The van der Waals surface area contributed by atoms with E-state index in [1.165, 1.54) is 11.8 Å². The SMILES string of the molecule is CC(Sc1ccc(NC(=O)/C(=C/c2ccccc2)NC(=O)c2ccccc2)cc1)C(=O)Nc1ccc(Oc2ccccc2)cc1. The van der Waals surface area contributed by atoms with Crippen LogP contribution in [0.2, 0.25) is 0 Å². The van der Waals surface area contributed by atoms with Gasteiger partial charge in [-0.2, -0.15) is 0 Å². The van der Waals surface area contributed by atoms with Crippen LogP contribution in [0.15, 0.2) is 150 Å². The lowest BCUT2D eigenvalue weighted by Crippen LogP contribution is -2.30. The summed E-state index contributed by atoms with van der Waals surface area (Å²) in [6.07, 6.45) is 1.63. The number of rotatable bonds is 11. The van der Waals surface area contributed by atoms with Gasteiger partial charge in [0, 0.05) is 21.8 Å². The third-order valence-corrected chi connectivity index (χ3v) is 7.65. The molecule has 5 aromatic rings. The van der Waals surface area contributed by atoms with Crippen LogP contribution in [0.4, 0.5) is 11.4 Å². The van der Waals surface area contributed by atoms with E-state index in [1.807, 2.05) is 85.8 Å². The molecule has 0 bridgehead atoms. The number of thioether (sulfide) groups is 1. The quantitative estimate of drug-likeness (QED) is 0.104. The van der Waals surface area contributed by atoms with Crippen LogP contribution in [0.5, 0.6) is 11.5 Å². The second-order valence-electron chi connectivity index (χ2n) is 9.96. The molecular formula is C37H31N3O4S. The molecule has 224 valence electrons. The highest BCUT2D eigenvalue weighted by atomic mass is 32.2. The Labute approximate surface area is 266 Å². The summed E-state index contributed by atoms with van der Waals surface area (Å²) in [5.41, 5.74) is 2.54. The molecule has 8 heteroatoms. The van der Waals surface area contributed by atoms with Crippen LogP contribution in [-0.2, 0) is 9.59 Å². The van der Waals surface area contributed by atoms with Crippen LogP contribution in [-0.4, -0.2) is 23.0 Å². The predicted molar refractivity (Wildman–Crippen MR) is 180 cm³/mol. The van der Waals surface area contributed by atoms with Crippen molar-refractivity contribution in [2.24, 2.45) is 0 Å². The molecule has 3 amide bonds. The Morgan fingerprint density at radius 2 is 1.18 bits per heavy atom.